The summed E-state index contributed by atoms with van der Waals surface area (Å²) in [5.41, 5.74) is 5.46. The van der Waals surface area contributed by atoms with Crippen LogP contribution in [0.25, 0.3) is 11.6 Å². The molecule has 0 saturated carbocycles. The lowest BCUT2D eigenvalue weighted by Crippen LogP contribution is -2.33. The summed E-state index contributed by atoms with van der Waals surface area (Å²) in [5.74, 6) is 0.483. The van der Waals surface area contributed by atoms with Gasteiger partial charge in [-0.1, -0.05) is 13.8 Å². The molecule has 7 nitrogen and oxygen atoms in total. The Morgan fingerprint density at radius 1 is 1.24 bits per heavy atom. The Balaban J connectivity index is 1.88. The molecule has 154 valence electrons. The van der Waals surface area contributed by atoms with Gasteiger partial charge in [0, 0.05) is 23.0 Å². The number of aromatic nitrogens is 1. The fraction of sp³-hybridized carbons (Fsp3) is 0.364. The van der Waals surface area contributed by atoms with Gasteiger partial charge in [-0.25, -0.2) is 0 Å². The van der Waals surface area contributed by atoms with Crippen LogP contribution in [0.5, 0.6) is 5.75 Å². The Hall–Kier alpha value is -3.06. The first-order chi connectivity index (χ1) is 13.9. The summed E-state index contributed by atoms with van der Waals surface area (Å²) in [5, 5.41) is 5.88. The number of H-pyrrole nitrogens is 1. The molecule has 1 aliphatic rings. The van der Waals surface area contributed by atoms with E-state index in [0.29, 0.717) is 17.9 Å². The van der Waals surface area contributed by atoms with Crippen LogP contribution >= 0.6 is 0 Å². The van der Waals surface area contributed by atoms with Gasteiger partial charge in [0.05, 0.1) is 30.6 Å². The first kappa shape index (κ1) is 20.7. The number of fused-ring (bicyclic) bond motifs is 1. The van der Waals surface area contributed by atoms with E-state index in [0.717, 1.165) is 47.0 Å². The zero-order valence-corrected chi connectivity index (χ0v) is 17.6. The molecule has 0 fully saturated rings. The first-order valence-electron chi connectivity index (χ1n) is 9.80. The fourth-order valence-electron chi connectivity index (χ4n) is 3.52. The minimum absolute atomic E-state index is 0.0471. The monoisotopic (exact) mass is 396 g/mol. The highest BCUT2D eigenvalue weighted by molar-refractivity contribution is 6.35. The van der Waals surface area contributed by atoms with Gasteiger partial charge >= 0.3 is 0 Å². The van der Waals surface area contributed by atoms with Gasteiger partial charge < -0.3 is 20.4 Å². The van der Waals surface area contributed by atoms with Gasteiger partial charge in [-0.2, -0.15) is 0 Å². The van der Waals surface area contributed by atoms with Crippen molar-refractivity contribution in [3.8, 4) is 5.75 Å². The van der Waals surface area contributed by atoms with Crippen LogP contribution in [0, 0.1) is 13.8 Å². The summed E-state index contributed by atoms with van der Waals surface area (Å²) < 4.78 is 5.23. The molecule has 7 heteroatoms. The summed E-state index contributed by atoms with van der Waals surface area (Å²) in [6.07, 6.45) is 1.83. The number of ether oxygens (including phenoxy) is 1. The second kappa shape index (κ2) is 8.53. The van der Waals surface area contributed by atoms with Crippen molar-refractivity contribution in [2.45, 2.75) is 27.7 Å². The number of carbonyl (C=O) groups excluding carboxylic acids is 2. The van der Waals surface area contributed by atoms with Crippen molar-refractivity contribution in [1.82, 2.24) is 9.88 Å². The Morgan fingerprint density at radius 3 is 2.62 bits per heavy atom. The summed E-state index contributed by atoms with van der Waals surface area (Å²) in [6, 6.07) is 5.51. The molecular formula is C22H28N4O3. The molecule has 0 radical (unpaired) electrons. The Labute approximate surface area is 171 Å². The van der Waals surface area contributed by atoms with E-state index in [-0.39, 0.29) is 11.8 Å². The smallest absolute Gasteiger partial charge is 0.256 e. The highest BCUT2D eigenvalue weighted by atomic mass is 16.5. The topological polar surface area (TPSA) is 86.5 Å². The average molecular weight is 396 g/mol. The number of nitrogens with zero attached hydrogens (tertiary/aromatic N) is 1. The van der Waals surface area contributed by atoms with Gasteiger partial charge in [0.15, 0.2) is 0 Å². The van der Waals surface area contributed by atoms with Gasteiger partial charge in [-0.05, 0) is 50.7 Å². The number of hydrogen-bond donors (Lipinski definition) is 3. The molecule has 0 saturated heterocycles. The maximum atomic E-state index is 12.5. The molecule has 2 amide bonds. The number of hydrogen-bond acceptors (Lipinski definition) is 4. The molecule has 1 aromatic heterocycles. The summed E-state index contributed by atoms with van der Waals surface area (Å²) >= 11 is 0. The molecule has 0 spiro atoms. The number of aromatic amines is 1. The van der Waals surface area contributed by atoms with Crippen LogP contribution in [-0.4, -0.2) is 48.4 Å². The minimum atomic E-state index is -0.160. The average Bonchev–Trinajstić information content (AvgIpc) is 3.16. The van der Waals surface area contributed by atoms with Crippen LogP contribution in [0.1, 0.15) is 36.4 Å². The fourth-order valence-corrected chi connectivity index (χ4v) is 3.52. The van der Waals surface area contributed by atoms with Crippen molar-refractivity contribution >= 4 is 34.8 Å². The number of anilines is 2. The second-order valence-corrected chi connectivity index (χ2v) is 7.10. The number of likely N-dealkylation sites (N-methyl/N-ethyl adjacent to an activating group) is 1. The quantitative estimate of drug-likeness (QED) is 0.626. The maximum absolute atomic E-state index is 12.5. The van der Waals surface area contributed by atoms with Crippen molar-refractivity contribution in [2.24, 2.45) is 0 Å². The number of benzene rings is 1. The molecule has 2 heterocycles. The highest BCUT2D eigenvalue weighted by Crippen LogP contribution is 2.36. The Bertz CT molecular complexity index is 971. The van der Waals surface area contributed by atoms with Crippen molar-refractivity contribution in [2.75, 3.05) is 37.4 Å². The molecule has 1 aromatic carbocycles. The highest BCUT2D eigenvalue weighted by Gasteiger charge is 2.25. The summed E-state index contributed by atoms with van der Waals surface area (Å²) in [6.45, 7) is 9.92. The SMILES string of the molecule is CCN(CC)CC(=O)Nc1c(C)[nH]c(/C=C2\C(=O)Nc3cc(OC)ccc32)c1C. The molecule has 0 atom stereocenters. The molecule has 3 N–H and O–H groups in total. The molecule has 3 rings (SSSR count). The van der Waals surface area contributed by atoms with Crippen LogP contribution in [0.3, 0.4) is 0 Å². The molecule has 2 aromatic rings. The van der Waals surface area contributed by atoms with Crippen LogP contribution in [-0.2, 0) is 9.59 Å². The molecule has 0 unspecified atom stereocenters. The molecule has 1 aliphatic heterocycles. The second-order valence-electron chi connectivity index (χ2n) is 7.10. The molecular weight excluding hydrogens is 368 g/mol. The number of carbonyl (C=O) groups is 2. The lowest BCUT2D eigenvalue weighted by Gasteiger charge is -2.17. The lowest BCUT2D eigenvalue weighted by molar-refractivity contribution is -0.117. The van der Waals surface area contributed by atoms with E-state index >= 15 is 0 Å². The van der Waals surface area contributed by atoms with Crippen LogP contribution < -0.4 is 15.4 Å². The van der Waals surface area contributed by atoms with Crippen LogP contribution in [0.15, 0.2) is 18.2 Å². The molecule has 0 bridgehead atoms. The lowest BCUT2D eigenvalue weighted by atomic mass is 10.0. The molecule has 0 aliphatic carbocycles. The van der Waals surface area contributed by atoms with E-state index in [4.69, 9.17) is 4.74 Å². The number of rotatable bonds is 7. The van der Waals surface area contributed by atoms with E-state index in [2.05, 4.69) is 20.5 Å². The minimum Gasteiger partial charge on any atom is -0.497 e. The Morgan fingerprint density at radius 2 is 1.97 bits per heavy atom. The number of methoxy groups -OCH3 is 1. The standard InChI is InChI=1S/C22H28N4O3/c1-6-26(7-2)12-20(27)25-21-13(3)18(23-14(21)4)11-17-16-9-8-15(29-5)10-19(16)24-22(17)28/h8-11,23H,6-7,12H2,1-5H3,(H,24,28)(H,25,27)/b17-11-. The van der Waals surface area contributed by atoms with Gasteiger partial charge in [0.2, 0.25) is 5.91 Å². The number of amides is 2. The van der Waals surface area contributed by atoms with Crippen LogP contribution in [0.4, 0.5) is 11.4 Å². The van der Waals surface area contributed by atoms with Gasteiger partial charge in [-0.3, -0.25) is 14.5 Å². The predicted molar refractivity (Wildman–Crippen MR) is 116 cm³/mol. The zero-order valence-electron chi connectivity index (χ0n) is 17.6. The van der Waals surface area contributed by atoms with E-state index < -0.39 is 0 Å². The third-order valence-corrected chi connectivity index (χ3v) is 5.30. The zero-order chi connectivity index (χ0) is 21.1. The van der Waals surface area contributed by atoms with Crippen molar-refractivity contribution in [1.29, 1.82) is 0 Å². The van der Waals surface area contributed by atoms with Gasteiger partial charge in [0.1, 0.15) is 5.75 Å². The summed E-state index contributed by atoms with van der Waals surface area (Å²) in [4.78, 5) is 30.3. The number of aryl methyl sites for hydroxylation is 1. The first-order valence-corrected chi connectivity index (χ1v) is 9.80. The third-order valence-electron chi connectivity index (χ3n) is 5.30. The van der Waals surface area contributed by atoms with Gasteiger partial charge in [-0.15, -0.1) is 0 Å². The number of nitrogens with one attached hydrogen (secondary N) is 3. The van der Waals surface area contributed by atoms with E-state index in [1.165, 1.54) is 0 Å². The largest absolute Gasteiger partial charge is 0.497 e. The molecule has 29 heavy (non-hydrogen) atoms. The van der Waals surface area contributed by atoms with Crippen molar-refractivity contribution < 1.29 is 14.3 Å². The Kier molecular flexibility index (Phi) is 6.08. The van der Waals surface area contributed by atoms with E-state index in [9.17, 15) is 9.59 Å². The van der Waals surface area contributed by atoms with Crippen LogP contribution in [0.2, 0.25) is 0 Å². The van der Waals surface area contributed by atoms with E-state index in [1.807, 2.05) is 45.9 Å². The van der Waals surface area contributed by atoms with E-state index in [1.54, 1.807) is 13.2 Å². The third kappa shape index (κ3) is 4.19. The van der Waals surface area contributed by atoms with Gasteiger partial charge in [0.25, 0.3) is 5.91 Å². The van der Waals surface area contributed by atoms with Crippen molar-refractivity contribution in [3.05, 3.63) is 40.7 Å². The summed E-state index contributed by atoms with van der Waals surface area (Å²) in [7, 11) is 1.59. The normalized spacial score (nSPS) is 14.3. The van der Waals surface area contributed by atoms with Crippen molar-refractivity contribution in [3.63, 3.8) is 0 Å². The predicted octanol–water partition coefficient (Wildman–Crippen LogP) is 3.41. The maximum Gasteiger partial charge on any atom is 0.256 e.